The van der Waals surface area contributed by atoms with E-state index in [2.05, 4.69) is 20.3 Å². The van der Waals surface area contributed by atoms with Crippen LogP contribution in [0.25, 0.3) is 16.8 Å². The molecule has 0 unspecified atom stereocenters. The zero-order chi connectivity index (χ0) is 28.0. The second-order valence-corrected chi connectivity index (χ2v) is 10.7. The monoisotopic (exact) mass is 544 g/mol. The lowest BCUT2D eigenvalue weighted by molar-refractivity contribution is -0.169. The van der Waals surface area contributed by atoms with Gasteiger partial charge in [-0.3, -0.25) is 19.0 Å². The van der Waals surface area contributed by atoms with Gasteiger partial charge in [0.05, 0.1) is 36.7 Å². The van der Waals surface area contributed by atoms with Gasteiger partial charge in [-0.2, -0.15) is 0 Å². The molecule has 2 aliphatic heterocycles. The molecule has 206 valence electrons. The Balaban J connectivity index is 1.31. The van der Waals surface area contributed by atoms with Gasteiger partial charge in [-0.25, -0.2) is 19.3 Å². The molecule has 0 bridgehead atoms. The number of imidazole rings is 1. The molecule has 2 saturated heterocycles. The van der Waals surface area contributed by atoms with Crippen molar-refractivity contribution < 1.29 is 18.7 Å². The van der Waals surface area contributed by atoms with Crippen molar-refractivity contribution in [2.45, 2.75) is 32.6 Å². The number of halogens is 1. The van der Waals surface area contributed by atoms with Crippen LogP contribution in [0, 0.1) is 18.2 Å². The number of piperidine rings is 1. The summed E-state index contributed by atoms with van der Waals surface area (Å²) in [4.78, 5) is 45.1. The van der Waals surface area contributed by atoms with Gasteiger partial charge in [-0.15, -0.1) is 0 Å². The van der Waals surface area contributed by atoms with E-state index in [0.717, 1.165) is 18.9 Å². The van der Waals surface area contributed by atoms with Gasteiger partial charge in [-0.1, -0.05) is 0 Å². The molecule has 0 radical (unpaired) electrons. The summed E-state index contributed by atoms with van der Waals surface area (Å²) in [6.07, 6.45) is 7.94. The molecule has 0 aliphatic carbocycles. The molecule has 0 saturated carbocycles. The first-order chi connectivity index (χ1) is 19.2. The van der Waals surface area contributed by atoms with Crippen molar-refractivity contribution >= 4 is 29.0 Å². The number of nitrogens with one attached hydrogen (secondary N) is 1. The first-order valence-corrected chi connectivity index (χ1v) is 13.1. The SMILES string of the molecule is Cc1cnc(NC(=O)c2ccc(-c3nc([C@@H]4CCCN(C(=O)C5(C)COC5)C4)n4ccnc(N)c34)c(F)c2)cn1. The topological polar surface area (TPSA) is 141 Å². The fourth-order valence-electron chi connectivity index (χ4n) is 5.34. The van der Waals surface area contributed by atoms with Gasteiger partial charge in [0.2, 0.25) is 5.91 Å². The van der Waals surface area contributed by atoms with Crippen molar-refractivity contribution in [3.63, 3.8) is 0 Å². The summed E-state index contributed by atoms with van der Waals surface area (Å²) in [5.74, 6) is 0.0244. The maximum absolute atomic E-state index is 15.6. The molecular formula is C28H29FN8O3. The third-order valence-electron chi connectivity index (χ3n) is 7.55. The molecule has 12 heteroatoms. The molecule has 3 aromatic heterocycles. The quantitative estimate of drug-likeness (QED) is 0.390. The molecule has 2 fully saturated rings. The highest BCUT2D eigenvalue weighted by Gasteiger charge is 2.44. The van der Waals surface area contributed by atoms with Crippen molar-refractivity contribution in [3.05, 3.63) is 65.9 Å². The lowest BCUT2D eigenvalue weighted by Crippen LogP contribution is -2.55. The summed E-state index contributed by atoms with van der Waals surface area (Å²) >= 11 is 0. The van der Waals surface area contributed by atoms with Crippen molar-refractivity contribution in [2.24, 2.45) is 5.41 Å². The Morgan fingerprint density at radius 3 is 2.73 bits per heavy atom. The number of aromatic nitrogens is 5. The number of amides is 2. The van der Waals surface area contributed by atoms with Gasteiger partial charge in [0.25, 0.3) is 5.91 Å². The van der Waals surface area contributed by atoms with Crippen LogP contribution >= 0.6 is 0 Å². The van der Waals surface area contributed by atoms with Crippen LogP contribution < -0.4 is 11.1 Å². The summed E-state index contributed by atoms with van der Waals surface area (Å²) in [6, 6.07) is 4.19. The maximum Gasteiger partial charge on any atom is 0.256 e. The van der Waals surface area contributed by atoms with Gasteiger partial charge in [0.15, 0.2) is 5.82 Å². The summed E-state index contributed by atoms with van der Waals surface area (Å²) in [7, 11) is 0. The molecule has 11 nitrogen and oxygen atoms in total. The number of fused-ring (bicyclic) bond motifs is 1. The van der Waals surface area contributed by atoms with Crippen LogP contribution in [0.1, 0.15) is 47.6 Å². The zero-order valence-electron chi connectivity index (χ0n) is 22.2. The molecule has 2 amide bonds. The van der Waals surface area contributed by atoms with Crippen LogP contribution in [0.2, 0.25) is 0 Å². The second-order valence-electron chi connectivity index (χ2n) is 10.7. The van der Waals surface area contributed by atoms with E-state index in [1.807, 2.05) is 16.2 Å². The van der Waals surface area contributed by atoms with Crippen molar-refractivity contribution in [1.29, 1.82) is 0 Å². The highest BCUT2D eigenvalue weighted by Crippen LogP contribution is 2.37. The van der Waals surface area contributed by atoms with Crippen molar-refractivity contribution in [2.75, 3.05) is 37.4 Å². The van der Waals surface area contributed by atoms with Gasteiger partial charge >= 0.3 is 0 Å². The minimum Gasteiger partial charge on any atom is -0.382 e. The Hall–Kier alpha value is -4.45. The van der Waals surface area contributed by atoms with Crippen molar-refractivity contribution in [3.8, 4) is 11.3 Å². The number of nitrogens with two attached hydrogens (primary N) is 1. The van der Waals surface area contributed by atoms with E-state index in [9.17, 15) is 9.59 Å². The molecule has 3 N–H and O–H groups in total. The lowest BCUT2D eigenvalue weighted by atomic mass is 9.85. The highest BCUT2D eigenvalue weighted by atomic mass is 19.1. The van der Waals surface area contributed by atoms with E-state index in [4.69, 9.17) is 15.5 Å². The predicted molar refractivity (Wildman–Crippen MR) is 145 cm³/mol. The molecule has 1 atom stereocenters. The van der Waals surface area contributed by atoms with E-state index in [1.165, 1.54) is 24.5 Å². The lowest BCUT2D eigenvalue weighted by Gasteiger charge is -2.42. The zero-order valence-corrected chi connectivity index (χ0v) is 22.2. The summed E-state index contributed by atoms with van der Waals surface area (Å²) in [5.41, 5.74) is 7.62. The Bertz CT molecular complexity index is 1620. The molecule has 5 heterocycles. The maximum atomic E-state index is 15.6. The fraction of sp³-hybridized carbons (Fsp3) is 0.357. The van der Waals surface area contributed by atoms with E-state index >= 15 is 4.39 Å². The average Bonchev–Trinajstić information content (AvgIpc) is 3.33. The van der Waals surface area contributed by atoms with Crippen LogP contribution in [0.15, 0.2) is 43.0 Å². The minimum absolute atomic E-state index is 0.0749. The number of hydrogen-bond donors (Lipinski definition) is 2. The predicted octanol–water partition coefficient (Wildman–Crippen LogP) is 3.21. The molecule has 6 rings (SSSR count). The van der Waals surface area contributed by atoms with Gasteiger partial charge in [-0.05, 0) is 44.9 Å². The van der Waals surface area contributed by atoms with E-state index in [0.29, 0.717) is 49.0 Å². The summed E-state index contributed by atoms with van der Waals surface area (Å²) in [5, 5.41) is 2.62. The first-order valence-electron chi connectivity index (χ1n) is 13.1. The summed E-state index contributed by atoms with van der Waals surface area (Å²) < 4.78 is 22.7. The van der Waals surface area contributed by atoms with Crippen LogP contribution in [-0.4, -0.2) is 67.4 Å². The molecule has 2 aliphatic rings. The number of carbonyl (C=O) groups excluding carboxylic acids is 2. The summed E-state index contributed by atoms with van der Waals surface area (Å²) in [6.45, 7) is 5.75. The number of carbonyl (C=O) groups is 2. The normalized spacial score (nSPS) is 18.4. The molecule has 1 aromatic carbocycles. The molecular weight excluding hydrogens is 515 g/mol. The Morgan fingerprint density at radius 2 is 2.02 bits per heavy atom. The first kappa shape index (κ1) is 25.8. The van der Waals surface area contributed by atoms with Crippen LogP contribution in [0.3, 0.4) is 0 Å². The minimum atomic E-state index is -0.629. The number of hydrogen-bond acceptors (Lipinski definition) is 8. The molecule has 0 spiro atoms. The number of rotatable bonds is 5. The number of nitrogen functional groups attached to an aromatic ring is 1. The van der Waals surface area contributed by atoms with Crippen LogP contribution in [-0.2, 0) is 9.53 Å². The molecule has 40 heavy (non-hydrogen) atoms. The van der Waals surface area contributed by atoms with Gasteiger partial charge in [0, 0.05) is 42.5 Å². The molecule has 4 aromatic rings. The number of nitrogens with zero attached hydrogens (tertiary/aromatic N) is 6. The third-order valence-corrected chi connectivity index (χ3v) is 7.55. The van der Waals surface area contributed by atoms with Crippen molar-refractivity contribution in [1.82, 2.24) is 29.2 Å². The smallest absolute Gasteiger partial charge is 0.256 e. The average molecular weight is 545 g/mol. The number of ether oxygens (including phenoxy) is 1. The fourth-order valence-corrected chi connectivity index (χ4v) is 5.34. The van der Waals surface area contributed by atoms with E-state index in [-0.39, 0.29) is 34.6 Å². The Labute approximate surface area is 229 Å². The standard InChI is InChI=1S/C28H29FN8O3/c1-16-11-33-21(12-32-16)34-26(38)17-5-6-19(20(29)10-17)22-23-24(30)31-7-9-37(23)25(35-22)18-4-3-8-36(13-18)27(39)28(2)14-40-15-28/h5-7,9-12,18H,3-4,8,13-15H2,1-2H3,(H2,30,31)(H,33,34,38)/t18-/m1/s1. The number of benzene rings is 1. The highest BCUT2D eigenvalue weighted by molar-refractivity contribution is 6.04. The van der Waals surface area contributed by atoms with Crippen LogP contribution in [0.5, 0.6) is 0 Å². The van der Waals surface area contributed by atoms with Gasteiger partial charge in [0.1, 0.15) is 28.7 Å². The number of likely N-dealkylation sites (tertiary alicyclic amines) is 1. The number of aryl methyl sites for hydroxylation is 1. The van der Waals surface area contributed by atoms with Gasteiger partial charge < -0.3 is 20.7 Å². The Morgan fingerprint density at radius 1 is 1.20 bits per heavy atom. The third kappa shape index (κ3) is 4.53. The van der Waals surface area contributed by atoms with E-state index < -0.39 is 17.1 Å². The Kier molecular flexibility index (Phi) is 6.41. The second kappa shape index (κ2) is 9.94. The van der Waals surface area contributed by atoms with E-state index in [1.54, 1.807) is 19.3 Å². The van der Waals surface area contributed by atoms with Crippen LogP contribution in [0.4, 0.5) is 16.0 Å². The largest absolute Gasteiger partial charge is 0.382 e. The number of anilines is 2.